The first kappa shape index (κ1) is 21.4. The second-order valence-electron chi connectivity index (χ2n) is 7.87. The predicted octanol–water partition coefficient (Wildman–Crippen LogP) is 5.17. The topological polar surface area (TPSA) is 62.6 Å². The average Bonchev–Trinajstić information content (AvgIpc) is 3.16. The number of hydrogen-bond donors (Lipinski definition) is 0. The van der Waals surface area contributed by atoms with Crippen molar-refractivity contribution in [2.45, 2.75) is 32.4 Å². The second kappa shape index (κ2) is 9.44. The fraction of sp³-hybridized carbons (Fsp3) is 0.286. The molecular formula is C21H27N2O4PSi. The highest BCUT2D eigenvalue weighted by Crippen LogP contribution is 2.46. The van der Waals surface area contributed by atoms with Gasteiger partial charge in [0.1, 0.15) is 18.2 Å². The third kappa shape index (κ3) is 6.60. The molecule has 0 fully saturated rings. The lowest BCUT2D eigenvalue weighted by atomic mass is 10.3. The maximum atomic E-state index is 13.7. The van der Waals surface area contributed by atoms with Gasteiger partial charge in [0.05, 0.1) is 0 Å². The first-order valence-corrected chi connectivity index (χ1v) is 14.8. The molecule has 0 saturated carbocycles. The summed E-state index contributed by atoms with van der Waals surface area (Å²) in [7, 11) is -4.89. The molecule has 0 N–H and O–H groups in total. The Morgan fingerprint density at radius 3 is 1.97 bits per heavy atom. The molecule has 0 aliphatic heterocycles. The lowest BCUT2D eigenvalue weighted by Gasteiger charge is -2.18. The van der Waals surface area contributed by atoms with Gasteiger partial charge in [-0.1, -0.05) is 56.0 Å². The average molecular weight is 431 g/mol. The standard InChI is InChI=1S/C21H27N2O4PSi/c1-29(2,3)17-16-25-18-23-15-14-21(22-23)28(24,26-19-10-6-4-7-11-19)27-20-12-8-5-9-13-20/h4-15H,16-18H2,1-3H3. The zero-order valence-electron chi connectivity index (χ0n) is 17.0. The van der Waals surface area contributed by atoms with Crippen LogP contribution in [0.5, 0.6) is 11.5 Å². The Bertz CT molecular complexity index is 897. The maximum absolute atomic E-state index is 13.7. The second-order valence-corrected chi connectivity index (χ2v) is 15.3. The number of nitrogens with zero attached hydrogens (tertiary/aromatic N) is 2. The van der Waals surface area contributed by atoms with Gasteiger partial charge in [0.15, 0.2) is 5.44 Å². The van der Waals surface area contributed by atoms with Crippen molar-refractivity contribution in [2.24, 2.45) is 0 Å². The van der Waals surface area contributed by atoms with E-state index in [9.17, 15) is 4.57 Å². The summed E-state index contributed by atoms with van der Waals surface area (Å²) in [6.07, 6.45) is 1.72. The molecule has 29 heavy (non-hydrogen) atoms. The summed E-state index contributed by atoms with van der Waals surface area (Å²) in [5, 5.41) is 4.40. The molecule has 2 aromatic carbocycles. The molecule has 0 radical (unpaired) electrons. The van der Waals surface area contributed by atoms with Gasteiger partial charge in [-0.25, -0.2) is 9.25 Å². The SMILES string of the molecule is C[Si](C)(C)CCOCn1ccc(P(=O)(Oc2ccccc2)Oc2ccccc2)n1. The molecule has 1 aromatic heterocycles. The molecule has 0 bridgehead atoms. The Balaban J connectivity index is 1.75. The zero-order valence-corrected chi connectivity index (χ0v) is 18.9. The van der Waals surface area contributed by atoms with Crippen molar-refractivity contribution in [3.8, 4) is 11.5 Å². The lowest BCUT2D eigenvalue weighted by molar-refractivity contribution is 0.0788. The highest BCUT2D eigenvalue weighted by Gasteiger charge is 2.34. The van der Waals surface area contributed by atoms with Crippen LogP contribution in [0.1, 0.15) is 0 Å². The van der Waals surface area contributed by atoms with E-state index in [-0.39, 0.29) is 5.44 Å². The molecule has 3 rings (SSSR count). The third-order valence-corrected chi connectivity index (χ3v) is 7.47. The molecule has 0 atom stereocenters. The minimum absolute atomic E-state index is 0.235. The molecule has 0 aliphatic carbocycles. The molecule has 0 amide bonds. The maximum Gasteiger partial charge on any atom is 0.483 e. The zero-order chi connectivity index (χ0) is 20.7. The molecule has 0 saturated heterocycles. The minimum atomic E-state index is -3.74. The summed E-state index contributed by atoms with van der Waals surface area (Å²) in [5.74, 6) is 0.903. The summed E-state index contributed by atoms with van der Waals surface area (Å²) in [4.78, 5) is 0. The van der Waals surface area contributed by atoms with Gasteiger partial charge in [-0.2, -0.15) is 5.10 Å². The van der Waals surface area contributed by atoms with Crippen molar-refractivity contribution in [2.75, 3.05) is 6.61 Å². The molecule has 0 spiro atoms. The van der Waals surface area contributed by atoms with Crippen LogP contribution in [-0.2, 0) is 16.0 Å². The summed E-state index contributed by atoms with van der Waals surface area (Å²) < 4.78 is 32.6. The highest BCUT2D eigenvalue weighted by atomic mass is 31.2. The van der Waals surface area contributed by atoms with E-state index in [1.807, 2.05) is 36.4 Å². The van der Waals surface area contributed by atoms with Gasteiger partial charge in [0, 0.05) is 20.9 Å². The summed E-state index contributed by atoms with van der Waals surface area (Å²) in [6, 6.07) is 20.6. The van der Waals surface area contributed by atoms with E-state index in [0.717, 1.165) is 6.04 Å². The first-order valence-electron chi connectivity index (χ1n) is 9.55. The lowest BCUT2D eigenvalue weighted by Crippen LogP contribution is -2.22. The number of hydrogen-bond acceptors (Lipinski definition) is 5. The van der Waals surface area contributed by atoms with Crippen molar-refractivity contribution in [3.05, 3.63) is 72.9 Å². The van der Waals surface area contributed by atoms with Crippen molar-refractivity contribution < 1.29 is 18.3 Å². The molecule has 154 valence electrons. The number of ether oxygens (including phenoxy) is 1. The smallest absolute Gasteiger partial charge is 0.412 e. The third-order valence-electron chi connectivity index (χ3n) is 4.06. The fourth-order valence-electron chi connectivity index (χ4n) is 2.46. The van der Waals surface area contributed by atoms with Crippen molar-refractivity contribution in [1.29, 1.82) is 0 Å². The van der Waals surface area contributed by atoms with Gasteiger partial charge in [-0.3, -0.25) is 0 Å². The van der Waals surface area contributed by atoms with Gasteiger partial charge in [-0.15, -0.1) is 0 Å². The Morgan fingerprint density at radius 2 is 1.45 bits per heavy atom. The monoisotopic (exact) mass is 430 g/mol. The molecule has 8 heteroatoms. The van der Waals surface area contributed by atoms with Crippen molar-refractivity contribution in [1.82, 2.24) is 9.78 Å². The van der Waals surface area contributed by atoms with E-state index < -0.39 is 15.7 Å². The Morgan fingerprint density at radius 1 is 0.897 bits per heavy atom. The van der Waals surface area contributed by atoms with E-state index in [1.54, 1.807) is 41.2 Å². The van der Waals surface area contributed by atoms with E-state index in [2.05, 4.69) is 24.7 Å². The molecule has 6 nitrogen and oxygen atoms in total. The largest absolute Gasteiger partial charge is 0.483 e. The number of aromatic nitrogens is 2. The summed E-state index contributed by atoms with van der Waals surface area (Å²) in [5.41, 5.74) is 0.235. The van der Waals surface area contributed by atoms with E-state index >= 15 is 0 Å². The predicted molar refractivity (Wildman–Crippen MR) is 118 cm³/mol. The van der Waals surface area contributed by atoms with Gasteiger partial charge < -0.3 is 13.8 Å². The quantitative estimate of drug-likeness (QED) is 0.252. The van der Waals surface area contributed by atoms with Crippen LogP contribution >= 0.6 is 7.60 Å². The van der Waals surface area contributed by atoms with Crippen LogP contribution in [0.3, 0.4) is 0 Å². The Hall–Kier alpha value is -2.34. The fourth-order valence-corrected chi connectivity index (χ4v) is 4.71. The van der Waals surface area contributed by atoms with Crippen LogP contribution < -0.4 is 14.5 Å². The molecule has 0 aliphatic rings. The van der Waals surface area contributed by atoms with E-state index in [4.69, 9.17) is 13.8 Å². The van der Waals surface area contributed by atoms with Crippen LogP contribution in [0, 0.1) is 0 Å². The summed E-state index contributed by atoms with van der Waals surface area (Å²) in [6.45, 7) is 7.90. The van der Waals surface area contributed by atoms with Crippen molar-refractivity contribution in [3.63, 3.8) is 0 Å². The number of para-hydroxylation sites is 2. The van der Waals surface area contributed by atoms with Crippen LogP contribution in [0.25, 0.3) is 0 Å². The molecule has 0 unspecified atom stereocenters. The first-order chi connectivity index (χ1) is 13.8. The van der Waals surface area contributed by atoms with Crippen LogP contribution in [0.4, 0.5) is 0 Å². The van der Waals surface area contributed by atoms with Gasteiger partial charge in [0.2, 0.25) is 0 Å². The highest BCUT2D eigenvalue weighted by molar-refractivity contribution is 7.62. The normalized spacial score (nSPS) is 12.0. The summed E-state index contributed by atoms with van der Waals surface area (Å²) >= 11 is 0. The van der Waals surface area contributed by atoms with Gasteiger partial charge >= 0.3 is 7.60 Å². The number of benzene rings is 2. The van der Waals surface area contributed by atoms with Gasteiger partial charge in [0.25, 0.3) is 0 Å². The van der Waals surface area contributed by atoms with E-state index in [1.165, 1.54) is 0 Å². The Labute approximate surface area is 173 Å². The van der Waals surface area contributed by atoms with Crippen LogP contribution in [0.2, 0.25) is 25.7 Å². The number of rotatable bonds is 10. The minimum Gasteiger partial charge on any atom is -0.412 e. The molecular weight excluding hydrogens is 403 g/mol. The molecule has 1 heterocycles. The van der Waals surface area contributed by atoms with Crippen LogP contribution in [0.15, 0.2) is 72.9 Å². The van der Waals surface area contributed by atoms with Crippen LogP contribution in [-0.4, -0.2) is 24.5 Å². The Kier molecular flexibility index (Phi) is 6.95. The van der Waals surface area contributed by atoms with Crippen molar-refractivity contribution >= 4 is 21.1 Å². The van der Waals surface area contributed by atoms with E-state index in [0.29, 0.717) is 24.8 Å². The van der Waals surface area contributed by atoms with Gasteiger partial charge in [-0.05, 0) is 36.4 Å². The molecule has 3 aromatic rings.